The first-order valence-electron chi connectivity index (χ1n) is 4.22. The predicted octanol–water partition coefficient (Wildman–Crippen LogP) is 2.67. The third-order valence-electron chi connectivity index (χ3n) is 2.16. The van der Waals surface area contributed by atoms with Gasteiger partial charge < -0.3 is 4.57 Å². The SMILES string of the molecule is O=c1c(Cl)cc(Br)cn1CC1CC1. The number of aromatic nitrogens is 1. The van der Waals surface area contributed by atoms with Crippen LogP contribution in [0.3, 0.4) is 0 Å². The highest BCUT2D eigenvalue weighted by Crippen LogP contribution is 2.30. The van der Waals surface area contributed by atoms with Gasteiger partial charge in [0.25, 0.3) is 5.56 Å². The molecular weight excluding hydrogens is 253 g/mol. The quantitative estimate of drug-likeness (QED) is 0.803. The molecule has 0 saturated heterocycles. The summed E-state index contributed by atoms with van der Waals surface area (Å²) < 4.78 is 2.54. The number of pyridine rings is 1. The summed E-state index contributed by atoms with van der Waals surface area (Å²) in [6.07, 6.45) is 4.26. The number of hydrogen-bond acceptors (Lipinski definition) is 1. The highest BCUT2D eigenvalue weighted by molar-refractivity contribution is 9.10. The molecule has 0 aromatic carbocycles. The van der Waals surface area contributed by atoms with Gasteiger partial charge in [-0.2, -0.15) is 0 Å². The molecule has 2 rings (SSSR count). The van der Waals surface area contributed by atoms with Crippen molar-refractivity contribution in [3.63, 3.8) is 0 Å². The molecule has 0 aliphatic heterocycles. The van der Waals surface area contributed by atoms with Gasteiger partial charge in [0.2, 0.25) is 0 Å². The number of rotatable bonds is 2. The van der Waals surface area contributed by atoms with Gasteiger partial charge in [-0.05, 0) is 40.8 Å². The molecular formula is C9H9BrClNO. The molecule has 13 heavy (non-hydrogen) atoms. The van der Waals surface area contributed by atoms with Gasteiger partial charge in [0.1, 0.15) is 5.02 Å². The van der Waals surface area contributed by atoms with Gasteiger partial charge in [-0.15, -0.1) is 0 Å². The molecule has 4 heteroatoms. The monoisotopic (exact) mass is 261 g/mol. The van der Waals surface area contributed by atoms with Crippen molar-refractivity contribution in [2.24, 2.45) is 5.92 Å². The molecule has 1 aromatic rings. The zero-order valence-corrected chi connectivity index (χ0v) is 9.31. The van der Waals surface area contributed by atoms with Crippen LogP contribution in [0.1, 0.15) is 12.8 Å². The Balaban J connectivity index is 2.36. The minimum absolute atomic E-state index is 0.0863. The average molecular weight is 263 g/mol. The lowest BCUT2D eigenvalue weighted by Crippen LogP contribution is -2.20. The summed E-state index contributed by atoms with van der Waals surface area (Å²) >= 11 is 9.07. The third-order valence-corrected chi connectivity index (χ3v) is 2.87. The van der Waals surface area contributed by atoms with Crippen molar-refractivity contribution in [3.8, 4) is 0 Å². The molecule has 0 radical (unpaired) electrons. The second kappa shape index (κ2) is 3.46. The van der Waals surface area contributed by atoms with Crippen LogP contribution in [-0.4, -0.2) is 4.57 Å². The van der Waals surface area contributed by atoms with Gasteiger partial charge in [0.05, 0.1) is 0 Å². The minimum Gasteiger partial charge on any atom is -0.313 e. The maximum absolute atomic E-state index is 11.5. The molecule has 0 bridgehead atoms. The Morgan fingerprint density at radius 3 is 2.92 bits per heavy atom. The lowest BCUT2D eigenvalue weighted by atomic mass is 10.4. The van der Waals surface area contributed by atoms with E-state index in [0.29, 0.717) is 5.92 Å². The second-order valence-corrected chi connectivity index (χ2v) is 4.73. The van der Waals surface area contributed by atoms with Crippen LogP contribution >= 0.6 is 27.5 Å². The summed E-state index contributed by atoms with van der Waals surface area (Å²) in [6.45, 7) is 0.804. The molecule has 0 amide bonds. The Labute approximate surface area is 89.6 Å². The predicted molar refractivity (Wildman–Crippen MR) is 56.1 cm³/mol. The first kappa shape index (κ1) is 9.28. The Kier molecular flexibility index (Phi) is 2.47. The number of halogens is 2. The highest BCUT2D eigenvalue weighted by atomic mass is 79.9. The van der Waals surface area contributed by atoms with E-state index in [1.54, 1.807) is 16.8 Å². The number of nitrogens with zero attached hydrogens (tertiary/aromatic N) is 1. The van der Waals surface area contributed by atoms with Crippen LogP contribution in [0.4, 0.5) is 0 Å². The van der Waals surface area contributed by atoms with E-state index in [-0.39, 0.29) is 10.6 Å². The van der Waals surface area contributed by atoms with Crippen LogP contribution in [0.2, 0.25) is 5.02 Å². The van der Waals surface area contributed by atoms with E-state index >= 15 is 0 Å². The summed E-state index contributed by atoms with van der Waals surface area (Å²) in [4.78, 5) is 11.5. The van der Waals surface area contributed by atoms with Gasteiger partial charge in [-0.3, -0.25) is 4.79 Å². The first-order chi connectivity index (χ1) is 6.16. The van der Waals surface area contributed by atoms with Crippen LogP contribution in [0, 0.1) is 5.92 Å². The lowest BCUT2D eigenvalue weighted by molar-refractivity contribution is 0.605. The van der Waals surface area contributed by atoms with Gasteiger partial charge >= 0.3 is 0 Å². The fraction of sp³-hybridized carbons (Fsp3) is 0.444. The Morgan fingerprint density at radius 2 is 2.31 bits per heavy atom. The largest absolute Gasteiger partial charge is 0.313 e. The average Bonchev–Trinajstić information content (AvgIpc) is 2.83. The van der Waals surface area contributed by atoms with Crippen molar-refractivity contribution in [3.05, 3.63) is 32.1 Å². The molecule has 1 fully saturated rings. The summed E-state index contributed by atoms with van der Waals surface area (Å²) in [5.41, 5.74) is -0.0863. The van der Waals surface area contributed by atoms with Crippen molar-refractivity contribution in [1.82, 2.24) is 4.57 Å². The van der Waals surface area contributed by atoms with Crippen molar-refractivity contribution < 1.29 is 0 Å². The molecule has 70 valence electrons. The zero-order valence-electron chi connectivity index (χ0n) is 6.96. The van der Waals surface area contributed by atoms with E-state index < -0.39 is 0 Å². The standard InChI is InChI=1S/C9H9BrClNO/c10-7-3-8(11)9(13)12(5-7)4-6-1-2-6/h3,5-6H,1-2,4H2. The van der Waals surface area contributed by atoms with E-state index in [9.17, 15) is 4.79 Å². The van der Waals surface area contributed by atoms with Gasteiger partial charge in [0.15, 0.2) is 0 Å². The maximum atomic E-state index is 11.5. The van der Waals surface area contributed by atoms with Crippen LogP contribution in [0.5, 0.6) is 0 Å². The van der Waals surface area contributed by atoms with Crippen LogP contribution in [-0.2, 0) is 6.54 Å². The van der Waals surface area contributed by atoms with E-state index in [0.717, 1.165) is 11.0 Å². The molecule has 1 aliphatic carbocycles. The second-order valence-electron chi connectivity index (χ2n) is 3.41. The zero-order chi connectivity index (χ0) is 9.42. The van der Waals surface area contributed by atoms with Crippen molar-refractivity contribution in [2.75, 3.05) is 0 Å². The van der Waals surface area contributed by atoms with Gasteiger partial charge in [-0.1, -0.05) is 11.6 Å². The molecule has 1 heterocycles. The fourth-order valence-corrected chi connectivity index (χ4v) is 2.11. The normalized spacial score (nSPS) is 16.2. The molecule has 2 nitrogen and oxygen atoms in total. The van der Waals surface area contributed by atoms with Gasteiger partial charge in [-0.25, -0.2) is 0 Å². The molecule has 0 atom stereocenters. The molecule has 0 spiro atoms. The third kappa shape index (κ3) is 2.15. The van der Waals surface area contributed by atoms with Crippen molar-refractivity contribution >= 4 is 27.5 Å². The Bertz CT molecular complexity index is 384. The molecule has 1 aromatic heterocycles. The molecule has 1 saturated carbocycles. The minimum atomic E-state index is -0.0863. The van der Waals surface area contributed by atoms with Crippen LogP contribution in [0.15, 0.2) is 21.5 Å². The highest BCUT2D eigenvalue weighted by Gasteiger charge is 2.22. The maximum Gasteiger partial charge on any atom is 0.269 e. The van der Waals surface area contributed by atoms with Crippen molar-refractivity contribution in [2.45, 2.75) is 19.4 Å². The first-order valence-corrected chi connectivity index (χ1v) is 5.39. The fourth-order valence-electron chi connectivity index (χ4n) is 1.28. The molecule has 1 aliphatic rings. The van der Waals surface area contributed by atoms with E-state index in [1.807, 2.05) is 0 Å². The summed E-state index contributed by atoms with van der Waals surface area (Å²) in [5, 5.41) is 0.287. The Hall–Kier alpha value is -0.280. The lowest BCUT2D eigenvalue weighted by Gasteiger charge is -2.05. The van der Waals surface area contributed by atoms with E-state index in [4.69, 9.17) is 11.6 Å². The smallest absolute Gasteiger partial charge is 0.269 e. The van der Waals surface area contributed by atoms with E-state index in [2.05, 4.69) is 15.9 Å². The van der Waals surface area contributed by atoms with Crippen molar-refractivity contribution in [1.29, 1.82) is 0 Å². The molecule has 0 unspecified atom stereocenters. The summed E-state index contributed by atoms with van der Waals surface area (Å²) in [7, 11) is 0. The summed E-state index contributed by atoms with van der Waals surface area (Å²) in [5.74, 6) is 0.683. The summed E-state index contributed by atoms with van der Waals surface area (Å²) in [6, 6.07) is 1.63. The van der Waals surface area contributed by atoms with Crippen LogP contribution in [0.25, 0.3) is 0 Å². The van der Waals surface area contributed by atoms with E-state index in [1.165, 1.54) is 12.8 Å². The van der Waals surface area contributed by atoms with Crippen LogP contribution < -0.4 is 5.56 Å². The number of hydrogen-bond donors (Lipinski definition) is 0. The topological polar surface area (TPSA) is 22.0 Å². The Morgan fingerprint density at radius 1 is 1.62 bits per heavy atom. The van der Waals surface area contributed by atoms with Gasteiger partial charge in [0, 0.05) is 17.2 Å². The molecule has 0 N–H and O–H groups in total.